The molecule has 1 heterocycles. The second kappa shape index (κ2) is 9.59. The lowest BCUT2D eigenvalue weighted by Gasteiger charge is -2.45. The Morgan fingerprint density at radius 3 is 2.39 bits per heavy atom. The van der Waals surface area contributed by atoms with Crippen molar-refractivity contribution in [1.29, 1.82) is 0 Å². The second-order valence-electron chi connectivity index (χ2n) is 8.14. The van der Waals surface area contributed by atoms with E-state index in [4.69, 9.17) is 17.3 Å². The fraction of sp³-hybridized carbons (Fsp3) is 0.435. The van der Waals surface area contributed by atoms with E-state index in [1.165, 1.54) is 0 Å². The van der Waals surface area contributed by atoms with Gasteiger partial charge in [0, 0.05) is 30.2 Å². The normalized spacial score (nSPS) is 17.8. The summed E-state index contributed by atoms with van der Waals surface area (Å²) in [6, 6.07) is 14.7. The van der Waals surface area contributed by atoms with Gasteiger partial charge in [0.1, 0.15) is 0 Å². The lowest BCUT2D eigenvalue weighted by Crippen LogP contribution is -2.55. The van der Waals surface area contributed by atoms with Crippen LogP contribution in [0.15, 0.2) is 48.5 Å². The second-order valence-corrected chi connectivity index (χ2v) is 10.6. The molecule has 31 heavy (non-hydrogen) atoms. The molecule has 0 aliphatic carbocycles. The Labute approximate surface area is 189 Å². The van der Waals surface area contributed by atoms with E-state index in [2.05, 4.69) is 5.32 Å². The molecule has 0 spiro atoms. The van der Waals surface area contributed by atoms with Crippen molar-refractivity contribution in [3.63, 3.8) is 0 Å². The number of hydrogen-bond acceptors (Lipinski definition) is 4. The zero-order valence-corrected chi connectivity index (χ0v) is 19.5. The Morgan fingerprint density at radius 1 is 1.16 bits per heavy atom. The number of amides is 1. The number of carbonyl (C=O) groups is 1. The molecule has 2 aromatic rings. The molecule has 1 saturated heterocycles. The van der Waals surface area contributed by atoms with Crippen molar-refractivity contribution < 1.29 is 13.2 Å². The zero-order chi connectivity index (χ0) is 22.6. The maximum Gasteiger partial charge on any atom is 0.255 e. The van der Waals surface area contributed by atoms with Gasteiger partial charge in [-0.2, -0.15) is 0 Å². The van der Waals surface area contributed by atoms with Crippen molar-refractivity contribution in [3.05, 3.63) is 64.7 Å². The van der Waals surface area contributed by atoms with Crippen LogP contribution in [0.5, 0.6) is 0 Å². The topological polar surface area (TPSA) is 92.5 Å². The van der Waals surface area contributed by atoms with Crippen LogP contribution >= 0.6 is 11.6 Å². The summed E-state index contributed by atoms with van der Waals surface area (Å²) in [6.45, 7) is 4.68. The third kappa shape index (κ3) is 4.89. The summed E-state index contributed by atoms with van der Waals surface area (Å²) >= 11 is 6.23. The monoisotopic (exact) mass is 463 g/mol. The van der Waals surface area contributed by atoms with E-state index in [1.54, 1.807) is 22.5 Å². The molecule has 0 bridgehead atoms. The summed E-state index contributed by atoms with van der Waals surface area (Å²) < 4.78 is 26.7. The average Bonchev–Trinajstić information content (AvgIpc) is 2.74. The molecule has 1 aliphatic rings. The molecule has 0 radical (unpaired) electrons. The van der Waals surface area contributed by atoms with Crippen molar-refractivity contribution in [1.82, 2.24) is 9.62 Å². The van der Waals surface area contributed by atoms with E-state index in [1.807, 2.05) is 44.2 Å². The highest BCUT2D eigenvalue weighted by Crippen LogP contribution is 2.39. The van der Waals surface area contributed by atoms with Gasteiger partial charge < -0.3 is 11.1 Å². The minimum Gasteiger partial charge on any atom is -0.398 e. The van der Waals surface area contributed by atoms with Gasteiger partial charge in [-0.05, 0) is 43.9 Å². The predicted molar refractivity (Wildman–Crippen MR) is 126 cm³/mol. The number of hydrogen-bond donors (Lipinski definition) is 2. The highest BCUT2D eigenvalue weighted by atomic mass is 35.5. The zero-order valence-electron chi connectivity index (χ0n) is 18.0. The minimum atomic E-state index is -3.26. The first-order valence-corrected chi connectivity index (χ1v) is 12.6. The van der Waals surface area contributed by atoms with E-state index in [9.17, 15) is 13.2 Å². The molecule has 1 atom stereocenters. The number of benzene rings is 2. The van der Waals surface area contributed by atoms with Gasteiger partial charge >= 0.3 is 0 Å². The first kappa shape index (κ1) is 23.6. The molecule has 168 valence electrons. The summed E-state index contributed by atoms with van der Waals surface area (Å²) in [5, 5.41) is 3.40. The Hall–Kier alpha value is -2.09. The SMILES string of the molecule is CCCS(=O)(=O)N1CCC(c2ccccc2)([C@H](C)NC(=O)c2c(N)cccc2Cl)CC1. The van der Waals surface area contributed by atoms with Gasteiger partial charge in [0.05, 0.1) is 16.3 Å². The smallest absolute Gasteiger partial charge is 0.255 e. The maximum atomic E-state index is 13.0. The summed E-state index contributed by atoms with van der Waals surface area (Å²) in [6.07, 6.45) is 1.81. The first-order chi connectivity index (χ1) is 14.7. The van der Waals surface area contributed by atoms with Gasteiger partial charge in [-0.15, -0.1) is 0 Å². The van der Waals surface area contributed by atoms with Crippen LogP contribution in [0.3, 0.4) is 0 Å². The molecule has 1 amide bonds. The number of nitrogens with one attached hydrogen (secondary N) is 1. The number of carbonyl (C=O) groups excluding carboxylic acids is 1. The number of nitrogens with two attached hydrogens (primary N) is 1. The van der Waals surface area contributed by atoms with Crippen molar-refractivity contribution >= 4 is 33.2 Å². The van der Waals surface area contributed by atoms with Crippen LogP contribution in [0.25, 0.3) is 0 Å². The van der Waals surface area contributed by atoms with Crippen molar-refractivity contribution in [3.8, 4) is 0 Å². The van der Waals surface area contributed by atoms with Crippen LogP contribution in [0.2, 0.25) is 5.02 Å². The van der Waals surface area contributed by atoms with E-state index in [-0.39, 0.29) is 23.3 Å². The molecular weight excluding hydrogens is 434 g/mol. The molecule has 3 N–H and O–H groups in total. The fourth-order valence-electron chi connectivity index (χ4n) is 4.48. The van der Waals surface area contributed by atoms with Gasteiger partial charge in [0.2, 0.25) is 10.0 Å². The van der Waals surface area contributed by atoms with Crippen LogP contribution in [0.4, 0.5) is 5.69 Å². The first-order valence-electron chi connectivity index (χ1n) is 10.6. The van der Waals surface area contributed by atoms with Crippen LogP contribution in [0, 0.1) is 0 Å². The number of rotatable bonds is 7. The highest BCUT2D eigenvalue weighted by molar-refractivity contribution is 7.89. The molecule has 0 aromatic heterocycles. The summed E-state index contributed by atoms with van der Waals surface area (Å²) in [4.78, 5) is 13.0. The van der Waals surface area contributed by atoms with Gasteiger partial charge in [-0.3, -0.25) is 4.79 Å². The summed E-state index contributed by atoms with van der Waals surface area (Å²) in [7, 11) is -3.26. The van der Waals surface area contributed by atoms with Crippen molar-refractivity contribution in [2.45, 2.75) is 44.6 Å². The van der Waals surface area contributed by atoms with Gasteiger partial charge in [0.25, 0.3) is 5.91 Å². The molecule has 8 heteroatoms. The van der Waals surface area contributed by atoms with Gasteiger partial charge in [-0.1, -0.05) is 54.9 Å². The third-order valence-corrected chi connectivity index (χ3v) is 8.66. The molecule has 2 aromatic carbocycles. The summed E-state index contributed by atoms with van der Waals surface area (Å²) in [5.74, 6) is -0.171. The lowest BCUT2D eigenvalue weighted by atomic mass is 9.68. The largest absolute Gasteiger partial charge is 0.398 e. The average molecular weight is 464 g/mol. The number of piperidine rings is 1. The standard InChI is InChI=1S/C23H30ClN3O3S/c1-3-16-31(29,30)27-14-12-23(13-15-27,18-8-5-4-6-9-18)17(2)26-22(28)21-19(24)10-7-11-20(21)25/h4-11,17H,3,12-16,25H2,1-2H3,(H,26,28)/t17-/m0/s1. The van der Waals surface area contributed by atoms with Crippen LogP contribution in [-0.2, 0) is 15.4 Å². The van der Waals surface area contributed by atoms with E-state index < -0.39 is 15.4 Å². The minimum absolute atomic E-state index is 0.156. The van der Waals surface area contributed by atoms with Crippen LogP contribution < -0.4 is 11.1 Å². The quantitative estimate of drug-likeness (QED) is 0.610. The molecule has 0 unspecified atom stereocenters. The number of halogens is 1. The Bertz CT molecular complexity index is 999. The van der Waals surface area contributed by atoms with Crippen molar-refractivity contribution in [2.24, 2.45) is 0 Å². The molecule has 1 fully saturated rings. The maximum absolute atomic E-state index is 13.0. The van der Waals surface area contributed by atoms with Gasteiger partial charge in [-0.25, -0.2) is 12.7 Å². The number of nitrogen functional groups attached to an aromatic ring is 1. The van der Waals surface area contributed by atoms with Crippen molar-refractivity contribution in [2.75, 3.05) is 24.6 Å². The molecule has 6 nitrogen and oxygen atoms in total. The summed E-state index contributed by atoms with van der Waals surface area (Å²) in [5.41, 5.74) is 7.28. The van der Waals surface area contributed by atoms with Crippen LogP contribution in [0.1, 0.15) is 49.0 Å². The molecule has 3 rings (SSSR count). The van der Waals surface area contributed by atoms with E-state index in [0.717, 1.165) is 5.56 Å². The molecule has 0 saturated carbocycles. The fourth-order valence-corrected chi connectivity index (χ4v) is 6.26. The van der Waals surface area contributed by atoms with E-state index >= 15 is 0 Å². The molecular formula is C23H30ClN3O3S. The lowest BCUT2D eigenvalue weighted by molar-refractivity contribution is 0.0896. The Morgan fingerprint density at radius 2 is 1.81 bits per heavy atom. The predicted octanol–water partition coefficient (Wildman–Crippen LogP) is 3.81. The van der Waals surface area contributed by atoms with Gasteiger partial charge in [0.15, 0.2) is 0 Å². The van der Waals surface area contributed by atoms with E-state index in [0.29, 0.717) is 43.1 Å². The highest BCUT2D eigenvalue weighted by Gasteiger charge is 2.43. The number of sulfonamides is 1. The Balaban J connectivity index is 1.88. The number of anilines is 1. The third-order valence-electron chi connectivity index (χ3n) is 6.27. The van der Waals surface area contributed by atoms with Crippen LogP contribution in [-0.4, -0.2) is 43.5 Å². The number of nitrogens with zero attached hydrogens (tertiary/aromatic N) is 1. The Kier molecular flexibility index (Phi) is 7.29. The molecule has 1 aliphatic heterocycles.